The Balaban J connectivity index is 1.32. The molecule has 1 aliphatic heterocycles. The largest absolute Gasteiger partial charge is 0.443 e. The minimum atomic E-state index is -0.198. The zero-order chi connectivity index (χ0) is 21.7. The number of rotatable bonds is 5. The highest BCUT2D eigenvalue weighted by molar-refractivity contribution is 7.17. The Labute approximate surface area is 188 Å². The summed E-state index contributed by atoms with van der Waals surface area (Å²) in [6.45, 7) is 2.10. The van der Waals surface area contributed by atoms with Crippen molar-refractivity contribution in [3.8, 4) is 10.6 Å². The first-order valence-electron chi connectivity index (χ1n) is 10.8. The predicted octanol–water partition coefficient (Wildman–Crippen LogP) is 3.81. The summed E-state index contributed by atoms with van der Waals surface area (Å²) in [6.07, 6.45) is 6.36. The van der Waals surface area contributed by atoms with E-state index in [0.29, 0.717) is 28.0 Å². The number of benzene rings is 1. The van der Waals surface area contributed by atoms with Crippen molar-refractivity contribution in [3.05, 3.63) is 53.4 Å². The third-order valence-corrected chi connectivity index (χ3v) is 7.80. The summed E-state index contributed by atoms with van der Waals surface area (Å²) in [5.41, 5.74) is 2.94. The average Bonchev–Trinajstić information content (AvgIpc) is 3.57. The summed E-state index contributed by atoms with van der Waals surface area (Å²) in [6, 6.07) is 9.75. The molecule has 0 radical (unpaired) electrons. The number of aromatic nitrogens is 3. The van der Waals surface area contributed by atoms with Crippen LogP contribution in [0.4, 0.5) is 5.95 Å². The third kappa shape index (κ3) is 3.24. The Morgan fingerprint density at radius 2 is 2.25 bits per heavy atom. The summed E-state index contributed by atoms with van der Waals surface area (Å²) in [5.74, 6) is 1.000. The number of nitrogens with one attached hydrogen (secondary N) is 2. The maximum Gasteiger partial charge on any atom is 0.268 e. The number of fused-ring (bicyclic) bond motifs is 1. The third-order valence-electron chi connectivity index (χ3n) is 6.70. The van der Waals surface area contributed by atoms with Gasteiger partial charge in [0.1, 0.15) is 0 Å². The number of anilines is 1. The molecule has 1 spiro atoms. The fourth-order valence-electron chi connectivity index (χ4n) is 5.06. The molecule has 4 heterocycles. The zero-order valence-corrected chi connectivity index (χ0v) is 18.2. The number of amides is 1. The van der Waals surface area contributed by atoms with Crippen LogP contribution >= 0.6 is 11.3 Å². The maximum atomic E-state index is 13.1. The molecule has 2 fully saturated rings. The Bertz CT molecular complexity index is 1280. The number of aliphatic hydroxyl groups excluding tert-OH is 1. The molecular weight excluding hydrogens is 426 g/mol. The van der Waals surface area contributed by atoms with Gasteiger partial charge in [0.25, 0.3) is 5.91 Å². The van der Waals surface area contributed by atoms with Crippen molar-refractivity contribution in [1.29, 1.82) is 0 Å². The molecule has 1 saturated heterocycles. The molecule has 3 N–H and O–H groups in total. The van der Waals surface area contributed by atoms with Crippen molar-refractivity contribution in [2.75, 3.05) is 18.4 Å². The number of oxazole rings is 1. The molecule has 1 aromatic carbocycles. The molecule has 1 amide bonds. The van der Waals surface area contributed by atoms with Gasteiger partial charge in [-0.1, -0.05) is 6.07 Å². The van der Waals surface area contributed by atoms with Crippen LogP contribution in [-0.4, -0.2) is 38.6 Å². The highest BCUT2D eigenvalue weighted by Crippen LogP contribution is 2.53. The molecule has 164 valence electrons. The Morgan fingerprint density at radius 3 is 3.00 bits per heavy atom. The number of carbonyl (C=O) groups is 1. The number of hydrogen-bond acceptors (Lipinski definition) is 7. The van der Waals surface area contributed by atoms with Gasteiger partial charge >= 0.3 is 0 Å². The fraction of sp³-hybridized carbons (Fsp3) is 0.348. The second-order valence-corrected chi connectivity index (χ2v) is 9.84. The van der Waals surface area contributed by atoms with Gasteiger partial charge in [0.2, 0.25) is 5.95 Å². The molecule has 2 aliphatic rings. The van der Waals surface area contributed by atoms with Gasteiger partial charge < -0.3 is 19.4 Å². The van der Waals surface area contributed by atoms with Crippen molar-refractivity contribution in [1.82, 2.24) is 19.9 Å². The van der Waals surface area contributed by atoms with Crippen LogP contribution in [0.1, 0.15) is 40.5 Å². The smallest absolute Gasteiger partial charge is 0.268 e. The van der Waals surface area contributed by atoms with E-state index in [-0.39, 0.29) is 12.5 Å². The fourth-order valence-corrected chi connectivity index (χ4v) is 5.91. The van der Waals surface area contributed by atoms with E-state index in [0.717, 1.165) is 47.4 Å². The van der Waals surface area contributed by atoms with Crippen LogP contribution in [0.3, 0.4) is 0 Å². The Morgan fingerprint density at radius 1 is 1.34 bits per heavy atom. The lowest BCUT2D eigenvalue weighted by atomic mass is 9.65. The van der Waals surface area contributed by atoms with E-state index in [1.807, 2.05) is 24.3 Å². The number of imidazole rings is 1. The van der Waals surface area contributed by atoms with E-state index >= 15 is 0 Å². The summed E-state index contributed by atoms with van der Waals surface area (Å²) < 4.78 is 7.51. The molecule has 1 aliphatic carbocycles. The van der Waals surface area contributed by atoms with Crippen molar-refractivity contribution >= 4 is 34.2 Å². The summed E-state index contributed by atoms with van der Waals surface area (Å²) in [7, 11) is 0. The molecule has 3 aromatic heterocycles. The number of carbonyl (C=O) groups excluding carboxylic acids is 1. The minimum Gasteiger partial charge on any atom is -0.443 e. The van der Waals surface area contributed by atoms with E-state index in [4.69, 9.17) is 9.40 Å². The second-order valence-electron chi connectivity index (χ2n) is 8.76. The SMILES string of the molecule is O=C(Nc1nc2cc(CO)ccc2n1C1CC2(CCNC2)C1)c1ccc(-c2cnco2)s1. The molecule has 4 aromatic rings. The molecule has 1 saturated carbocycles. The highest BCUT2D eigenvalue weighted by Gasteiger charge is 2.47. The van der Waals surface area contributed by atoms with Gasteiger partial charge in [-0.2, -0.15) is 0 Å². The minimum absolute atomic E-state index is 0.0394. The number of hydrogen-bond donors (Lipinski definition) is 3. The molecule has 8 nitrogen and oxygen atoms in total. The first-order valence-corrected chi connectivity index (χ1v) is 11.6. The van der Waals surface area contributed by atoms with E-state index in [9.17, 15) is 9.90 Å². The highest BCUT2D eigenvalue weighted by atomic mass is 32.1. The molecule has 9 heteroatoms. The summed E-state index contributed by atoms with van der Waals surface area (Å²) >= 11 is 1.36. The van der Waals surface area contributed by atoms with Crippen LogP contribution < -0.4 is 10.6 Å². The monoisotopic (exact) mass is 449 g/mol. The first-order chi connectivity index (χ1) is 15.6. The van der Waals surface area contributed by atoms with Gasteiger partial charge in [-0.15, -0.1) is 11.3 Å². The zero-order valence-electron chi connectivity index (χ0n) is 17.4. The molecule has 0 atom stereocenters. The quantitative estimate of drug-likeness (QED) is 0.428. The van der Waals surface area contributed by atoms with Gasteiger partial charge in [0.05, 0.1) is 33.6 Å². The van der Waals surface area contributed by atoms with Gasteiger partial charge in [-0.05, 0) is 61.1 Å². The lowest BCUT2D eigenvalue weighted by Gasteiger charge is -2.46. The normalized spacial score (nSPS) is 22.5. The van der Waals surface area contributed by atoms with Gasteiger partial charge in [-0.3, -0.25) is 10.1 Å². The van der Waals surface area contributed by atoms with E-state index < -0.39 is 0 Å². The molecule has 6 rings (SSSR count). The van der Waals surface area contributed by atoms with Crippen LogP contribution in [0.2, 0.25) is 0 Å². The first kappa shape index (κ1) is 19.7. The van der Waals surface area contributed by atoms with Crippen LogP contribution in [0, 0.1) is 5.41 Å². The lowest BCUT2D eigenvalue weighted by Crippen LogP contribution is -2.40. The summed E-state index contributed by atoms with van der Waals surface area (Å²) in [5, 5.41) is 16.1. The lowest BCUT2D eigenvalue weighted by molar-refractivity contribution is 0.0874. The number of thiophene rings is 1. The summed E-state index contributed by atoms with van der Waals surface area (Å²) in [4.78, 5) is 23.2. The van der Waals surface area contributed by atoms with E-state index in [1.165, 1.54) is 24.2 Å². The van der Waals surface area contributed by atoms with Crippen molar-refractivity contribution in [2.45, 2.75) is 31.9 Å². The number of nitrogens with zero attached hydrogens (tertiary/aromatic N) is 3. The van der Waals surface area contributed by atoms with Crippen LogP contribution in [0.15, 0.2) is 47.3 Å². The standard InChI is InChI=1S/C23H23N5O3S/c29-11-14-1-2-17-16(7-14)26-22(28(17)15-8-23(9-15)5-6-24-12-23)27-21(30)20-4-3-19(32-20)18-10-25-13-31-18/h1-4,7,10,13,15,24,29H,5-6,8-9,11-12H2,(H,26,27,30). The number of aliphatic hydroxyl groups is 1. The Hall–Kier alpha value is -3.01. The van der Waals surface area contributed by atoms with E-state index in [1.54, 1.807) is 12.3 Å². The van der Waals surface area contributed by atoms with Gasteiger partial charge in [0, 0.05) is 12.6 Å². The van der Waals surface area contributed by atoms with Crippen LogP contribution in [0.25, 0.3) is 21.7 Å². The molecule has 0 unspecified atom stereocenters. The average molecular weight is 450 g/mol. The second kappa shape index (κ2) is 7.54. The Kier molecular flexibility index (Phi) is 4.63. The topological polar surface area (TPSA) is 105 Å². The maximum absolute atomic E-state index is 13.1. The van der Waals surface area contributed by atoms with Crippen molar-refractivity contribution in [2.24, 2.45) is 5.41 Å². The van der Waals surface area contributed by atoms with Crippen molar-refractivity contribution < 1.29 is 14.3 Å². The molecular formula is C23H23N5O3S. The van der Waals surface area contributed by atoms with Crippen LogP contribution in [-0.2, 0) is 6.61 Å². The van der Waals surface area contributed by atoms with Gasteiger partial charge in [0.15, 0.2) is 12.2 Å². The van der Waals surface area contributed by atoms with Gasteiger partial charge in [-0.25, -0.2) is 9.97 Å². The van der Waals surface area contributed by atoms with E-state index in [2.05, 4.69) is 20.2 Å². The van der Waals surface area contributed by atoms with Crippen LogP contribution in [0.5, 0.6) is 0 Å². The molecule has 32 heavy (non-hydrogen) atoms. The van der Waals surface area contributed by atoms with Crippen molar-refractivity contribution in [3.63, 3.8) is 0 Å². The molecule has 0 bridgehead atoms. The predicted molar refractivity (Wildman–Crippen MR) is 122 cm³/mol.